The van der Waals surface area contributed by atoms with Crippen molar-refractivity contribution in [3.8, 4) is 5.75 Å². The highest BCUT2D eigenvalue weighted by molar-refractivity contribution is 9.10. The maximum absolute atomic E-state index is 6.18. The topological polar surface area (TPSA) is 21.3 Å². The zero-order valence-corrected chi connectivity index (χ0v) is 11.7. The van der Waals surface area contributed by atoms with E-state index in [0.29, 0.717) is 23.6 Å². The molecule has 2 atom stereocenters. The number of benzene rings is 1. The zero-order chi connectivity index (χ0) is 11.7. The van der Waals surface area contributed by atoms with Gasteiger partial charge >= 0.3 is 0 Å². The summed E-state index contributed by atoms with van der Waals surface area (Å²) in [5.41, 5.74) is 1.15. The van der Waals surface area contributed by atoms with E-state index in [-0.39, 0.29) is 0 Å². The van der Waals surface area contributed by atoms with Gasteiger partial charge in [-0.05, 0) is 18.7 Å². The van der Waals surface area contributed by atoms with E-state index in [2.05, 4.69) is 41.2 Å². The quantitative estimate of drug-likeness (QED) is 0.898. The molecule has 1 N–H and O–H groups in total. The van der Waals surface area contributed by atoms with Crippen LogP contribution >= 0.6 is 27.5 Å². The van der Waals surface area contributed by atoms with E-state index in [9.17, 15) is 0 Å². The highest BCUT2D eigenvalue weighted by Gasteiger charge is 2.29. The van der Waals surface area contributed by atoms with E-state index >= 15 is 0 Å². The minimum atomic E-state index is 0.323. The van der Waals surface area contributed by atoms with Gasteiger partial charge in [0.1, 0.15) is 5.75 Å². The second-order valence-electron chi connectivity index (χ2n) is 4.13. The zero-order valence-electron chi connectivity index (χ0n) is 9.39. The molecule has 1 aromatic carbocycles. The Balaban J connectivity index is 2.45. The van der Waals surface area contributed by atoms with Gasteiger partial charge in [0.25, 0.3) is 0 Å². The molecule has 0 spiro atoms. The number of rotatable bonds is 2. The number of fused-ring (bicyclic) bond motifs is 1. The van der Waals surface area contributed by atoms with Crippen LogP contribution in [0.15, 0.2) is 16.6 Å². The SMILES string of the molecule is CCNC1c2cc(Br)cc(Cl)c2OCC1C. The van der Waals surface area contributed by atoms with E-state index in [4.69, 9.17) is 16.3 Å². The molecule has 16 heavy (non-hydrogen) atoms. The third kappa shape index (κ3) is 2.22. The van der Waals surface area contributed by atoms with Crippen molar-refractivity contribution in [2.75, 3.05) is 13.2 Å². The highest BCUT2D eigenvalue weighted by Crippen LogP contribution is 2.41. The molecule has 2 rings (SSSR count). The molecule has 0 amide bonds. The molecule has 4 heteroatoms. The van der Waals surface area contributed by atoms with Crippen LogP contribution in [0, 0.1) is 5.92 Å². The molecule has 0 aliphatic carbocycles. The number of nitrogens with one attached hydrogen (secondary N) is 1. The van der Waals surface area contributed by atoms with Crippen molar-refractivity contribution >= 4 is 27.5 Å². The molecule has 0 aromatic heterocycles. The van der Waals surface area contributed by atoms with Crippen LogP contribution < -0.4 is 10.1 Å². The fourth-order valence-corrected chi connectivity index (χ4v) is 3.00. The summed E-state index contributed by atoms with van der Waals surface area (Å²) in [5.74, 6) is 1.28. The summed E-state index contributed by atoms with van der Waals surface area (Å²) in [6, 6.07) is 4.28. The Labute approximate surface area is 109 Å². The lowest BCUT2D eigenvalue weighted by Crippen LogP contribution is -2.34. The molecule has 1 aliphatic rings. The molecule has 0 radical (unpaired) electrons. The summed E-state index contributed by atoms with van der Waals surface area (Å²) in [6.45, 7) is 5.96. The van der Waals surface area contributed by atoms with Crippen LogP contribution in [0.4, 0.5) is 0 Å². The van der Waals surface area contributed by atoms with E-state index in [1.54, 1.807) is 0 Å². The fourth-order valence-electron chi connectivity index (χ4n) is 2.11. The third-order valence-corrected chi connectivity index (χ3v) is 3.59. The molecule has 1 aliphatic heterocycles. The Hall–Kier alpha value is -0.250. The normalized spacial score (nSPS) is 23.8. The van der Waals surface area contributed by atoms with Gasteiger partial charge in [-0.1, -0.05) is 41.4 Å². The van der Waals surface area contributed by atoms with Gasteiger partial charge in [0, 0.05) is 22.0 Å². The van der Waals surface area contributed by atoms with E-state index in [1.165, 1.54) is 0 Å². The molecule has 1 aromatic rings. The van der Waals surface area contributed by atoms with Gasteiger partial charge in [0.05, 0.1) is 11.6 Å². The number of hydrogen-bond donors (Lipinski definition) is 1. The average molecular weight is 305 g/mol. The first-order valence-corrected chi connectivity index (χ1v) is 6.65. The molecule has 0 fully saturated rings. The standard InChI is InChI=1S/C12H15BrClNO/c1-3-15-11-7(2)6-16-12-9(11)4-8(13)5-10(12)14/h4-5,7,11,15H,3,6H2,1-2H3. The fraction of sp³-hybridized carbons (Fsp3) is 0.500. The van der Waals surface area contributed by atoms with Crippen molar-refractivity contribution in [2.24, 2.45) is 5.92 Å². The van der Waals surface area contributed by atoms with Crippen molar-refractivity contribution < 1.29 is 4.74 Å². The first kappa shape index (κ1) is 12.2. The number of ether oxygens (including phenoxy) is 1. The monoisotopic (exact) mass is 303 g/mol. The smallest absolute Gasteiger partial charge is 0.142 e. The predicted octanol–water partition coefficient (Wildman–Crippen LogP) is 3.78. The van der Waals surface area contributed by atoms with Gasteiger partial charge in [0.15, 0.2) is 0 Å². The Morgan fingerprint density at radius 2 is 2.31 bits per heavy atom. The average Bonchev–Trinajstić information content (AvgIpc) is 2.22. The second-order valence-corrected chi connectivity index (χ2v) is 5.45. The maximum Gasteiger partial charge on any atom is 0.142 e. The summed E-state index contributed by atoms with van der Waals surface area (Å²) < 4.78 is 6.70. The molecule has 1 heterocycles. The Morgan fingerprint density at radius 3 is 3.00 bits per heavy atom. The Morgan fingerprint density at radius 1 is 1.56 bits per heavy atom. The second kappa shape index (κ2) is 4.94. The van der Waals surface area contributed by atoms with Gasteiger partial charge in [0.2, 0.25) is 0 Å². The lowest BCUT2D eigenvalue weighted by Gasteiger charge is -2.32. The minimum absolute atomic E-state index is 0.323. The summed E-state index contributed by atoms with van der Waals surface area (Å²) in [7, 11) is 0. The number of halogens is 2. The molecule has 0 bridgehead atoms. The van der Waals surface area contributed by atoms with Crippen LogP contribution in [-0.4, -0.2) is 13.2 Å². The molecule has 0 saturated heterocycles. The first-order chi connectivity index (χ1) is 7.63. The van der Waals surface area contributed by atoms with E-state index in [1.807, 2.05) is 6.07 Å². The minimum Gasteiger partial charge on any atom is -0.491 e. The molecule has 2 nitrogen and oxygen atoms in total. The van der Waals surface area contributed by atoms with Crippen LogP contribution in [0.1, 0.15) is 25.5 Å². The Bertz CT molecular complexity index is 397. The lowest BCUT2D eigenvalue weighted by molar-refractivity contribution is 0.190. The molecule has 2 unspecified atom stereocenters. The third-order valence-electron chi connectivity index (χ3n) is 2.86. The van der Waals surface area contributed by atoms with Gasteiger partial charge in [-0.2, -0.15) is 0 Å². The lowest BCUT2D eigenvalue weighted by atomic mass is 9.92. The van der Waals surface area contributed by atoms with Crippen molar-refractivity contribution in [3.63, 3.8) is 0 Å². The summed E-state index contributed by atoms with van der Waals surface area (Å²) in [5, 5.41) is 4.17. The Kier molecular flexibility index (Phi) is 3.77. The molecule has 0 saturated carbocycles. The van der Waals surface area contributed by atoms with Crippen LogP contribution in [0.25, 0.3) is 0 Å². The van der Waals surface area contributed by atoms with Gasteiger partial charge < -0.3 is 10.1 Å². The highest BCUT2D eigenvalue weighted by atomic mass is 79.9. The van der Waals surface area contributed by atoms with Crippen LogP contribution in [0.5, 0.6) is 5.75 Å². The summed E-state index contributed by atoms with van der Waals surface area (Å²) >= 11 is 9.65. The molecular formula is C12H15BrClNO. The molecular weight excluding hydrogens is 289 g/mol. The van der Waals surface area contributed by atoms with Gasteiger partial charge in [-0.15, -0.1) is 0 Å². The van der Waals surface area contributed by atoms with Crippen molar-refractivity contribution in [1.29, 1.82) is 0 Å². The van der Waals surface area contributed by atoms with Crippen LogP contribution in [0.3, 0.4) is 0 Å². The van der Waals surface area contributed by atoms with Gasteiger partial charge in [-0.25, -0.2) is 0 Å². The largest absolute Gasteiger partial charge is 0.491 e. The van der Waals surface area contributed by atoms with E-state index < -0.39 is 0 Å². The van der Waals surface area contributed by atoms with Crippen molar-refractivity contribution in [1.82, 2.24) is 5.32 Å². The van der Waals surface area contributed by atoms with Gasteiger partial charge in [-0.3, -0.25) is 0 Å². The van der Waals surface area contributed by atoms with Crippen LogP contribution in [0.2, 0.25) is 5.02 Å². The van der Waals surface area contributed by atoms with E-state index in [0.717, 1.165) is 22.3 Å². The van der Waals surface area contributed by atoms with Crippen molar-refractivity contribution in [2.45, 2.75) is 19.9 Å². The molecule has 88 valence electrons. The van der Waals surface area contributed by atoms with Crippen molar-refractivity contribution in [3.05, 3.63) is 27.2 Å². The first-order valence-electron chi connectivity index (χ1n) is 5.48. The summed E-state index contributed by atoms with van der Waals surface area (Å²) in [4.78, 5) is 0. The van der Waals surface area contributed by atoms with Crippen LogP contribution in [-0.2, 0) is 0 Å². The maximum atomic E-state index is 6.18. The summed E-state index contributed by atoms with van der Waals surface area (Å²) in [6.07, 6.45) is 0. The predicted molar refractivity (Wildman–Crippen MR) is 70.2 cm³/mol. The number of hydrogen-bond acceptors (Lipinski definition) is 2.